The van der Waals surface area contributed by atoms with E-state index < -0.39 is 17.6 Å². The monoisotopic (exact) mass is 572 g/mol. The summed E-state index contributed by atoms with van der Waals surface area (Å²) in [5.74, 6) is -0.714. The first kappa shape index (κ1) is 23.9. The highest BCUT2D eigenvalue weighted by atomic mass is 79.9. The molecule has 0 bridgehead atoms. The second kappa shape index (κ2) is 10.3. The normalized spacial score (nSPS) is 11.6. The van der Waals surface area contributed by atoms with E-state index in [4.69, 9.17) is 4.74 Å². The summed E-state index contributed by atoms with van der Waals surface area (Å²) in [5, 5.41) is 3.79. The number of ether oxygens (including phenoxy) is 1. The number of hydrogen-bond donors (Lipinski definition) is 1. The number of benzene rings is 3. The van der Waals surface area contributed by atoms with Gasteiger partial charge in [-0.05, 0) is 73.8 Å². The number of hydrazone groups is 1. The van der Waals surface area contributed by atoms with Gasteiger partial charge in [-0.1, -0.05) is 24.3 Å². The zero-order valence-corrected chi connectivity index (χ0v) is 19.3. The molecule has 3 rings (SSSR count). The predicted molar refractivity (Wildman–Crippen MR) is 119 cm³/mol. The zero-order chi connectivity index (χ0) is 23.3. The van der Waals surface area contributed by atoms with Gasteiger partial charge in [-0.3, -0.25) is 4.79 Å². The smallest absolute Gasteiger partial charge is 0.416 e. The van der Waals surface area contributed by atoms with Crippen LogP contribution >= 0.6 is 31.9 Å². The molecule has 0 heterocycles. The van der Waals surface area contributed by atoms with Crippen molar-refractivity contribution in [3.8, 4) is 5.75 Å². The second-order valence-corrected chi connectivity index (χ2v) is 8.18. The van der Waals surface area contributed by atoms with Crippen molar-refractivity contribution in [2.45, 2.75) is 12.8 Å². The average molecular weight is 574 g/mol. The predicted octanol–water partition coefficient (Wildman–Crippen LogP) is 6.71. The minimum Gasteiger partial charge on any atom is -0.486 e. The first-order valence-corrected chi connectivity index (χ1v) is 10.6. The first-order valence-electron chi connectivity index (χ1n) is 9.01. The van der Waals surface area contributed by atoms with Crippen molar-refractivity contribution in [2.75, 3.05) is 0 Å². The Morgan fingerprint density at radius 3 is 2.38 bits per heavy atom. The third kappa shape index (κ3) is 6.17. The number of nitrogens with zero attached hydrogens (tertiary/aromatic N) is 1. The molecule has 0 saturated carbocycles. The van der Waals surface area contributed by atoms with Crippen LogP contribution in [-0.2, 0) is 12.8 Å². The van der Waals surface area contributed by atoms with Gasteiger partial charge in [-0.25, -0.2) is 9.82 Å². The topological polar surface area (TPSA) is 50.7 Å². The molecule has 0 unspecified atom stereocenters. The van der Waals surface area contributed by atoms with Crippen LogP contribution in [0.15, 0.2) is 74.7 Å². The van der Waals surface area contributed by atoms with E-state index in [9.17, 15) is 22.4 Å². The molecule has 0 aromatic heterocycles. The molecular formula is C22H14Br2F4N2O2. The molecule has 3 aromatic carbocycles. The fourth-order valence-electron chi connectivity index (χ4n) is 2.62. The molecule has 166 valence electrons. The Bertz CT molecular complexity index is 1140. The van der Waals surface area contributed by atoms with Gasteiger partial charge in [0.25, 0.3) is 5.91 Å². The number of carbonyl (C=O) groups excluding carboxylic acids is 1. The van der Waals surface area contributed by atoms with Crippen molar-refractivity contribution in [1.82, 2.24) is 5.43 Å². The molecule has 1 amide bonds. The lowest BCUT2D eigenvalue weighted by Crippen LogP contribution is -2.18. The summed E-state index contributed by atoms with van der Waals surface area (Å²) in [6.45, 7) is 0.0182. The van der Waals surface area contributed by atoms with Crippen molar-refractivity contribution in [1.29, 1.82) is 0 Å². The van der Waals surface area contributed by atoms with E-state index in [1.165, 1.54) is 18.3 Å². The van der Waals surface area contributed by atoms with Crippen molar-refractivity contribution in [2.24, 2.45) is 5.10 Å². The fraction of sp³-hybridized carbons (Fsp3) is 0.0909. The Morgan fingerprint density at radius 1 is 1.03 bits per heavy atom. The minimum absolute atomic E-state index is 0.0182. The lowest BCUT2D eigenvalue weighted by atomic mass is 10.1. The summed E-state index contributed by atoms with van der Waals surface area (Å²) < 4.78 is 58.9. The molecule has 0 aliphatic heterocycles. The lowest BCUT2D eigenvalue weighted by molar-refractivity contribution is -0.137. The number of rotatable bonds is 6. The fourth-order valence-corrected chi connectivity index (χ4v) is 4.07. The molecule has 3 aromatic rings. The number of hydrogen-bond acceptors (Lipinski definition) is 3. The van der Waals surface area contributed by atoms with E-state index in [1.807, 2.05) is 0 Å². The van der Waals surface area contributed by atoms with Crippen LogP contribution in [0.3, 0.4) is 0 Å². The van der Waals surface area contributed by atoms with E-state index in [0.717, 1.165) is 18.2 Å². The summed E-state index contributed by atoms with van der Waals surface area (Å²) in [4.78, 5) is 12.1. The van der Waals surface area contributed by atoms with Gasteiger partial charge in [0.15, 0.2) is 0 Å². The third-order valence-electron chi connectivity index (χ3n) is 4.18. The van der Waals surface area contributed by atoms with Gasteiger partial charge < -0.3 is 4.74 Å². The van der Waals surface area contributed by atoms with Crippen LogP contribution in [0.25, 0.3) is 0 Å². The van der Waals surface area contributed by atoms with E-state index in [-0.39, 0.29) is 18.0 Å². The standard InChI is InChI=1S/C22H14Br2F4N2O2/c23-17-8-13(9-18(24)20(17)32-12-15-4-1-2-7-19(15)25)11-29-30-21(31)14-5-3-6-16(10-14)22(26,27)28/h1-11H,12H2,(H,30,31)/b29-11-. The molecule has 0 aliphatic rings. The Hall–Kier alpha value is -2.72. The molecule has 10 heteroatoms. The molecule has 0 atom stereocenters. The SMILES string of the molecule is O=C(N/N=C\c1cc(Br)c(OCc2ccccc2F)c(Br)c1)c1cccc(C(F)(F)F)c1. The van der Waals surface area contributed by atoms with Gasteiger partial charge in [0.1, 0.15) is 18.2 Å². The highest BCUT2D eigenvalue weighted by molar-refractivity contribution is 9.11. The molecule has 0 saturated heterocycles. The maximum Gasteiger partial charge on any atom is 0.416 e. The molecular weight excluding hydrogens is 560 g/mol. The van der Waals surface area contributed by atoms with E-state index >= 15 is 0 Å². The summed E-state index contributed by atoms with van der Waals surface area (Å²) in [6.07, 6.45) is -3.23. The summed E-state index contributed by atoms with van der Waals surface area (Å²) in [5.41, 5.74) is 2.06. The Balaban J connectivity index is 1.66. The molecule has 0 radical (unpaired) electrons. The van der Waals surface area contributed by atoms with Crippen LogP contribution in [0.1, 0.15) is 27.0 Å². The summed E-state index contributed by atoms with van der Waals surface area (Å²) >= 11 is 6.74. The Morgan fingerprint density at radius 2 is 1.72 bits per heavy atom. The van der Waals surface area contributed by atoms with Crippen molar-refractivity contribution < 1.29 is 27.1 Å². The zero-order valence-electron chi connectivity index (χ0n) is 16.1. The first-order chi connectivity index (χ1) is 15.1. The molecule has 0 aliphatic carbocycles. The number of nitrogens with one attached hydrogen (secondary N) is 1. The van der Waals surface area contributed by atoms with Crippen LogP contribution < -0.4 is 10.2 Å². The van der Waals surface area contributed by atoms with E-state index in [1.54, 1.807) is 30.3 Å². The van der Waals surface area contributed by atoms with Gasteiger partial charge in [-0.2, -0.15) is 18.3 Å². The summed E-state index contributed by atoms with van der Waals surface area (Å²) in [7, 11) is 0. The van der Waals surface area contributed by atoms with E-state index in [2.05, 4.69) is 42.4 Å². The molecule has 0 fully saturated rings. The maximum atomic E-state index is 13.8. The van der Waals surface area contributed by atoms with Gasteiger partial charge in [-0.15, -0.1) is 0 Å². The van der Waals surface area contributed by atoms with Crippen LogP contribution in [0.5, 0.6) is 5.75 Å². The number of alkyl halides is 3. The maximum absolute atomic E-state index is 13.8. The highest BCUT2D eigenvalue weighted by Gasteiger charge is 2.30. The highest BCUT2D eigenvalue weighted by Crippen LogP contribution is 2.35. The second-order valence-electron chi connectivity index (χ2n) is 6.47. The van der Waals surface area contributed by atoms with Crippen molar-refractivity contribution in [3.05, 3.63) is 97.7 Å². The van der Waals surface area contributed by atoms with Crippen LogP contribution in [0.2, 0.25) is 0 Å². The van der Waals surface area contributed by atoms with Gasteiger partial charge in [0.2, 0.25) is 0 Å². The Labute approximate surface area is 197 Å². The Kier molecular flexibility index (Phi) is 7.68. The van der Waals surface area contributed by atoms with E-state index in [0.29, 0.717) is 25.8 Å². The van der Waals surface area contributed by atoms with Crippen LogP contribution in [0, 0.1) is 5.82 Å². The quantitative estimate of drug-likeness (QED) is 0.202. The number of halogens is 6. The van der Waals surface area contributed by atoms with Gasteiger partial charge in [0.05, 0.1) is 20.7 Å². The largest absolute Gasteiger partial charge is 0.486 e. The average Bonchev–Trinajstić information content (AvgIpc) is 2.74. The van der Waals surface area contributed by atoms with Crippen molar-refractivity contribution in [3.63, 3.8) is 0 Å². The van der Waals surface area contributed by atoms with Gasteiger partial charge in [0, 0.05) is 11.1 Å². The minimum atomic E-state index is -4.55. The summed E-state index contributed by atoms with van der Waals surface area (Å²) in [6, 6.07) is 13.6. The van der Waals surface area contributed by atoms with Gasteiger partial charge >= 0.3 is 6.18 Å². The third-order valence-corrected chi connectivity index (χ3v) is 5.36. The van der Waals surface area contributed by atoms with Crippen molar-refractivity contribution >= 4 is 44.0 Å². The van der Waals surface area contributed by atoms with Crippen LogP contribution in [0.4, 0.5) is 17.6 Å². The number of amides is 1. The molecule has 4 nitrogen and oxygen atoms in total. The number of carbonyl (C=O) groups is 1. The lowest BCUT2D eigenvalue weighted by Gasteiger charge is -2.12. The van der Waals surface area contributed by atoms with Crippen LogP contribution in [-0.4, -0.2) is 12.1 Å². The molecule has 32 heavy (non-hydrogen) atoms. The molecule has 0 spiro atoms. The molecule has 1 N–H and O–H groups in total.